The first-order valence-electron chi connectivity index (χ1n) is 7.16. The molecule has 1 heterocycles. The van der Waals surface area contributed by atoms with Gasteiger partial charge in [0.05, 0.1) is 5.54 Å². The van der Waals surface area contributed by atoms with Crippen LogP contribution in [0.25, 0.3) is 0 Å². The molecule has 4 nitrogen and oxygen atoms in total. The maximum Gasteiger partial charge on any atom is 0.227 e. The third-order valence-electron chi connectivity index (χ3n) is 3.81. The molecule has 0 amide bonds. The molecule has 2 aromatic rings. The number of thioether (sulfide) groups is 1. The van der Waals surface area contributed by atoms with Crippen molar-refractivity contribution in [2.75, 3.05) is 5.75 Å². The van der Waals surface area contributed by atoms with Gasteiger partial charge >= 0.3 is 0 Å². The predicted molar refractivity (Wildman–Crippen MR) is 87.2 cm³/mol. The lowest BCUT2D eigenvalue weighted by Gasteiger charge is -2.17. The van der Waals surface area contributed by atoms with Gasteiger partial charge < -0.3 is 10.3 Å². The van der Waals surface area contributed by atoms with Crippen LogP contribution < -0.4 is 5.73 Å². The molecule has 0 spiro atoms. The molecule has 21 heavy (non-hydrogen) atoms. The van der Waals surface area contributed by atoms with Gasteiger partial charge in [-0.3, -0.25) is 0 Å². The van der Waals surface area contributed by atoms with Gasteiger partial charge in [0.25, 0.3) is 0 Å². The van der Waals surface area contributed by atoms with Gasteiger partial charge in [0.2, 0.25) is 5.89 Å². The van der Waals surface area contributed by atoms with Gasteiger partial charge in [-0.15, -0.1) is 11.8 Å². The highest BCUT2D eigenvalue weighted by atomic mass is 79.9. The van der Waals surface area contributed by atoms with Crippen molar-refractivity contribution in [3.63, 3.8) is 0 Å². The first-order valence-corrected chi connectivity index (χ1v) is 8.94. The van der Waals surface area contributed by atoms with E-state index in [1.165, 1.54) is 4.90 Å². The minimum Gasteiger partial charge on any atom is -0.339 e. The van der Waals surface area contributed by atoms with Crippen molar-refractivity contribution in [2.24, 2.45) is 5.73 Å². The van der Waals surface area contributed by atoms with E-state index in [4.69, 9.17) is 10.3 Å². The summed E-state index contributed by atoms with van der Waals surface area (Å²) in [5, 5.41) is 4.08. The molecular weight excluding hydrogens is 350 g/mol. The fraction of sp³-hybridized carbons (Fsp3) is 0.467. The minimum atomic E-state index is -0.361. The molecule has 1 aliphatic carbocycles. The normalized spacial score (nSPS) is 17.2. The number of nitrogens with zero attached hydrogens (tertiary/aromatic N) is 2. The van der Waals surface area contributed by atoms with E-state index in [-0.39, 0.29) is 5.54 Å². The molecule has 0 aliphatic heterocycles. The Bertz CT molecular complexity index is 593. The fourth-order valence-corrected chi connectivity index (χ4v) is 3.68. The fourth-order valence-electron chi connectivity index (χ4n) is 2.58. The monoisotopic (exact) mass is 367 g/mol. The lowest BCUT2D eigenvalue weighted by Crippen LogP contribution is -2.34. The van der Waals surface area contributed by atoms with E-state index >= 15 is 0 Å². The molecule has 0 atom stereocenters. The summed E-state index contributed by atoms with van der Waals surface area (Å²) in [6, 6.07) is 8.29. The van der Waals surface area contributed by atoms with Crippen molar-refractivity contribution in [2.45, 2.75) is 42.5 Å². The van der Waals surface area contributed by atoms with E-state index in [0.29, 0.717) is 11.7 Å². The maximum atomic E-state index is 6.33. The summed E-state index contributed by atoms with van der Waals surface area (Å²) in [6.45, 7) is 0. The molecule has 3 rings (SSSR count). The van der Waals surface area contributed by atoms with Crippen molar-refractivity contribution in [1.82, 2.24) is 10.1 Å². The summed E-state index contributed by atoms with van der Waals surface area (Å²) in [5.41, 5.74) is 5.97. The van der Waals surface area contributed by atoms with Crippen molar-refractivity contribution >= 4 is 27.7 Å². The van der Waals surface area contributed by atoms with E-state index < -0.39 is 0 Å². The Kier molecular flexibility index (Phi) is 4.66. The molecule has 0 saturated heterocycles. The van der Waals surface area contributed by atoms with Crippen LogP contribution in [0.3, 0.4) is 0 Å². The molecule has 1 aromatic carbocycles. The maximum absolute atomic E-state index is 6.33. The third-order valence-corrected chi connectivity index (χ3v) is 5.35. The van der Waals surface area contributed by atoms with Crippen molar-refractivity contribution in [1.29, 1.82) is 0 Å². The Balaban J connectivity index is 1.54. The molecule has 1 fully saturated rings. The van der Waals surface area contributed by atoms with Gasteiger partial charge in [-0.05, 0) is 37.1 Å². The van der Waals surface area contributed by atoms with Gasteiger partial charge in [-0.25, -0.2) is 0 Å². The van der Waals surface area contributed by atoms with Gasteiger partial charge in [-0.2, -0.15) is 4.98 Å². The number of hydrogen-bond acceptors (Lipinski definition) is 5. The molecule has 1 aliphatic rings. The average molecular weight is 368 g/mol. The Hall–Kier alpha value is -0.850. The van der Waals surface area contributed by atoms with E-state index in [9.17, 15) is 0 Å². The van der Waals surface area contributed by atoms with Gasteiger partial charge in [-0.1, -0.05) is 33.9 Å². The Morgan fingerprint density at radius 3 is 2.67 bits per heavy atom. The Morgan fingerprint density at radius 1 is 1.24 bits per heavy atom. The van der Waals surface area contributed by atoms with Crippen LogP contribution in [0.1, 0.15) is 37.4 Å². The number of aromatic nitrogens is 2. The Labute approximate surface area is 137 Å². The molecule has 6 heteroatoms. The van der Waals surface area contributed by atoms with Crippen molar-refractivity contribution in [3.8, 4) is 0 Å². The van der Waals surface area contributed by atoms with Crippen LogP contribution in [0.4, 0.5) is 0 Å². The quantitative estimate of drug-likeness (QED) is 0.811. The van der Waals surface area contributed by atoms with E-state index in [2.05, 4.69) is 38.2 Å². The molecule has 112 valence electrons. The molecule has 0 bridgehead atoms. The minimum absolute atomic E-state index is 0.361. The number of halogens is 1. The molecule has 0 radical (unpaired) electrons. The van der Waals surface area contributed by atoms with Crippen LogP contribution >= 0.6 is 27.7 Å². The van der Waals surface area contributed by atoms with Crippen molar-refractivity contribution in [3.05, 3.63) is 40.5 Å². The van der Waals surface area contributed by atoms with Crippen LogP contribution in [0.2, 0.25) is 0 Å². The zero-order valence-electron chi connectivity index (χ0n) is 11.7. The predicted octanol–water partition coefficient (Wildman–Crippen LogP) is 3.89. The van der Waals surface area contributed by atoms with Gasteiger partial charge in [0.15, 0.2) is 5.82 Å². The molecule has 0 unspecified atom stereocenters. The van der Waals surface area contributed by atoms with Gasteiger partial charge in [0.1, 0.15) is 0 Å². The summed E-state index contributed by atoms with van der Waals surface area (Å²) in [4.78, 5) is 5.73. The summed E-state index contributed by atoms with van der Waals surface area (Å²) in [7, 11) is 0. The van der Waals surface area contributed by atoms with E-state index in [1.807, 2.05) is 12.1 Å². The summed E-state index contributed by atoms with van der Waals surface area (Å²) >= 11 is 5.22. The topological polar surface area (TPSA) is 64.9 Å². The SMILES string of the molecule is NC1(c2noc(CCSc3ccc(Br)cc3)n2)CCCC1. The number of aryl methyl sites for hydroxylation is 1. The largest absolute Gasteiger partial charge is 0.339 e. The second kappa shape index (κ2) is 6.50. The second-order valence-electron chi connectivity index (χ2n) is 5.43. The number of benzene rings is 1. The van der Waals surface area contributed by atoms with E-state index in [0.717, 1.165) is 42.3 Å². The first-order chi connectivity index (χ1) is 10.2. The molecule has 1 saturated carbocycles. The molecule has 2 N–H and O–H groups in total. The highest BCUT2D eigenvalue weighted by Gasteiger charge is 2.35. The second-order valence-corrected chi connectivity index (χ2v) is 7.51. The smallest absolute Gasteiger partial charge is 0.227 e. The highest BCUT2D eigenvalue weighted by molar-refractivity contribution is 9.10. The van der Waals surface area contributed by atoms with Gasteiger partial charge in [0, 0.05) is 21.5 Å². The number of hydrogen-bond donors (Lipinski definition) is 1. The average Bonchev–Trinajstić information content (AvgIpc) is 3.11. The summed E-state index contributed by atoms with van der Waals surface area (Å²) in [5.74, 6) is 2.29. The zero-order chi connectivity index (χ0) is 14.7. The van der Waals surface area contributed by atoms with Crippen LogP contribution in [-0.4, -0.2) is 15.9 Å². The summed E-state index contributed by atoms with van der Waals surface area (Å²) in [6.07, 6.45) is 4.99. The molecular formula is C15H18BrN3OS. The van der Waals surface area contributed by atoms with Crippen LogP contribution in [0.15, 0.2) is 38.2 Å². The highest BCUT2D eigenvalue weighted by Crippen LogP contribution is 2.34. The first kappa shape index (κ1) is 15.1. The van der Waals surface area contributed by atoms with Crippen LogP contribution in [0.5, 0.6) is 0 Å². The number of rotatable bonds is 5. The van der Waals surface area contributed by atoms with Crippen LogP contribution in [0, 0.1) is 0 Å². The standard InChI is InChI=1S/C15H18BrN3OS/c16-11-3-5-12(6-4-11)21-10-7-13-18-14(19-20-13)15(17)8-1-2-9-15/h3-6H,1-2,7-10,17H2. The lowest BCUT2D eigenvalue weighted by molar-refractivity contribution is 0.351. The van der Waals surface area contributed by atoms with Crippen LogP contribution in [-0.2, 0) is 12.0 Å². The van der Waals surface area contributed by atoms with Crippen molar-refractivity contribution < 1.29 is 4.52 Å². The zero-order valence-corrected chi connectivity index (χ0v) is 14.1. The third kappa shape index (κ3) is 3.67. The Morgan fingerprint density at radius 2 is 1.95 bits per heavy atom. The van der Waals surface area contributed by atoms with E-state index in [1.54, 1.807) is 11.8 Å². The number of nitrogens with two attached hydrogens (primary N) is 1. The summed E-state index contributed by atoms with van der Waals surface area (Å²) < 4.78 is 6.43. The molecule has 1 aromatic heterocycles. The lowest BCUT2D eigenvalue weighted by atomic mass is 9.99.